The quantitative estimate of drug-likeness (QED) is 0.731. The van der Waals surface area contributed by atoms with Gasteiger partial charge in [-0.05, 0) is 38.1 Å². The number of carbonyl (C=O) groups excluding carboxylic acids is 1. The Morgan fingerprint density at radius 3 is 2.75 bits per heavy atom. The van der Waals surface area contributed by atoms with E-state index in [0.717, 1.165) is 33.3 Å². The monoisotopic (exact) mass is 381 g/mol. The molecule has 2 aromatic heterocycles. The number of rotatable bonds is 4. The Kier molecular flexibility index (Phi) is 5.70. The van der Waals surface area contributed by atoms with Crippen LogP contribution in [0.4, 0.5) is 0 Å². The number of aromatic nitrogens is 2. The van der Waals surface area contributed by atoms with Crippen molar-refractivity contribution in [3.05, 3.63) is 57.1 Å². The highest BCUT2D eigenvalue weighted by atomic mass is 35.5. The van der Waals surface area contributed by atoms with Crippen LogP contribution in [-0.4, -0.2) is 15.5 Å². The summed E-state index contributed by atoms with van der Waals surface area (Å²) in [6.45, 7) is 4.10. The van der Waals surface area contributed by atoms with Crippen molar-refractivity contribution in [1.29, 1.82) is 0 Å². The Labute approximate surface area is 155 Å². The van der Waals surface area contributed by atoms with Gasteiger partial charge in [-0.15, -0.1) is 23.7 Å². The maximum atomic E-state index is 11.0. The number of primary amides is 1. The van der Waals surface area contributed by atoms with E-state index < -0.39 is 0 Å². The molecular weight excluding hydrogens is 365 g/mol. The molecule has 2 heterocycles. The molecule has 0 fully saturated rings. The first-order valence-electron chi connectivity index (χ1n) is 7.13. The lowest BCUT2D eigenvalue weighted by atomic mass is 10.2. The second-order valence-corrected chi connectivity index (χ2v) is 6.75. The topological polar surface area (TPSA) is 60.9 Å². The van der Waals surface area contributed by atoms with Crippen molar-refractivity contribution in [2.24, 2.45) is 5.73 Å². The molecule has 0 radical (unpaired) electrons. The number of aryl methyl sites for hydroxylation is 1. The molecule has 1 aromatic carbocycles. The number of nitrogens with zero attached hydrogens (tertiary/aromatic N) is 2. The highest BCUT2D eigenvalue weighted by Crippen LogP contribution is 2.31. The van der Waals surface area contributed by atoms with Crippen LogP contribution in [0.25, 0.3) is 16.9 Å². The minimum Gasteiger partial charge on any atom is -0.369 e. The smallest absolute Gasteiger partial charge is 0.224 e. The number of hydrogen-bond donors (Lipinski definition) is 1. The van der Waals surface area contributed by atoms with Crippen LogP contribution in [0.15, 0.2) is 35.7 Å². The Bertz CT molecular complexity index is 886. The van der Waals surface area contributed by atoms with Crippen LogP contribution >= 0.6 is 35.3 Å². The molecule has 0 bridgehead atoms. The van der Waals surface area contributed by atoms with Gasteiger partial charge in [0.05, 0.1) is 12.1 Å². The molecule has 0 unspecified atom stereocenters. The van der Waals surface area contributed by atoms with Crippen LogP contribution in [0, 0.1) is 13.8 Å². The summed E-state index contributed by atoms with van der Waals surface area (Å²) in [4.78, 5) is 15.6. The molecule has 3 aromatic rings. The molecule has 0 aliphatic rings. The molecule has 0 saturated heterocycles. The van der Waals surface area contributed by atoms with Gasteiger partial charge in [0, 0.05) is 33.0 Å². The zero-order valence-electron chi connectivity index (χ0n) is 13.2. The van der Waals surface area contributed by atoms with Gasteiger partial charge >= 0.3 is 0 Å². The average Bonchev–Trinajstić information content (AvgIpc) is 3.03. The predicted molar refractivity (Wildman–Crippen MR) is 102 cm³/mol. The highest BCUT2D eigenvalue weighted by molar-refractivity contribution is 7.10. The number of benzene rings is 1. The van der Waals surface area contributed by atoms with E-state index in [-0.39, 0.29) is 24.7 Å². The SMILES string of the molecule is Cc1cc(-c2csc(CC(N)=O)n2)c(C)n1-c1cccc(Cl)c1.Cl. The molecule has 0 aliphatic heterocycles. The van der Waals surface area contributed by atoms with Crippen molar-refractivity contribution in [3.8, 4) is 16.9 Å². The molecule has 7 heteroatoms. The normalized spacial score (nSPS) is 10.5. The van der Waals surface area contributed by atoms with Gasteiger partial charge < -0.3 is 10.3 Å². The van der Waals surface area contributed by atoms with Crippen molar-refractivity contribution in [1.82, 2.24) is 9.55 Å². The predicted octanol–water partition coefficient (Wildman–Crippen LogP) is 4.32. The molecule has 126 valence electrons. The van der Waals surface area contributed by atoms with Crippen LogP contribution in [0.2, 0.25) is 5.02 Å². The number of halogens is 2. The molecule has 0 spiro atoms. The Balaban J connectivity index is 0.00000208. The van der Waals surface area contributed by atoms with Crippen molar-refractivity contribution in [2.45, 2.75) is 20.3 Å². The van der Waals surface area contributed by atoms with Crippen LogP contribution < -0.4 is 5.73 Å². The molecule has 0 atom stereocenters. The first kappa shape index (κ1) is 18.5. The average molecular weight is 382 g/mol. The summed E-state index contributed by atoms with van der Waals surface area (Å²) in [6.07, 6.45) is 0.178. The van der Waals surface area contributed by atoms with Crippen molar-refractivity contribution >= 4 is 41.3 Å². The summed E-state index contributed by atoms with van der Waals surface area (Å²) in [6, 6.07) is 9.85. The number of nitrogens with two attached hydrogens (primary N) is 1. The van der Waals surface area contributed by atoms with Crippen LogP contribution in [-0.2, 0) is 11.2 Å². The summed E-state index contributed by atoms with van der Waals surface area (Å²) < 4.78 is 2.15. The van der Waals surface area contributed by atoms with E-state index in [2.05, 4.69) is 22.5 Å². The zero-order chi connectivity index (χ0) is 16.6. The van der Waals surface area contributed by atoms with E-state index >= 15 is 0 Å². The summed E-state index contributed by atoms with van der Waals surface area (Å²) in [7, 11) is 0. The molecular formula is C17H17Cl2N3OS. The number of carbonyl (C=O) groups is 1. The molecule has 3 rings (SSSR count). The summed E-state index contributed by atoms with van der Waals surface area (Å²) in [5, 5.41) is 3.40. The third-order valence-corrected chi connectivity index (χ3v) is 4.73. The summed E-state index contributed by atoms with van der Waals surface area (Å²) in [5.74, 6) is -0.365. The van der Waals surface area contributed by atoms with Gasteiger partial charge in [0.1, 0.15) is 5.01 Å². The lowest BCUT2D eigenvalue weighted by Crippen LogP contribution is -2.13. The molecule has 1 amide bonds. The van der Waals surface area contributed by atoms with Gasteiger partial charge in [-0.1, -0.05) is 17.7 Å². The second-order valence-electron chi connectivity index (χ2n) is 5.37. The molecule has 24 heavy (non-hydrogen) atoms. The minimum atomic E-state index is -0.365. The van der Waals surface area contributed by atoms with Crippen molar-refractivity contribution in [3.63, 3.8) is 0 Å². The van der Waals surface area contributed by atoms with E-state index in [1.54, 1.807) is 0 Å². The Morgan fingerprint density at radius 2 is 2.08 bits per heavy atom. The van der Waals surface area contributed by atoms with Crippen molar-refractivity contribution in [2.75, 3.05) is 0 Å². The number of hydrogen-bond acceptors (Lipinski definition) is 3. The van der Waals surface area contributed by atoms with Gasteiger partial charge in [-0.3, -0.25) is 4.79 Å². The molecule has 2 N–H and O–H groups in total. The van der Waals surface area contributed by atoms with E-state index in [9.17, 15) is 4.79 Å². The van der Waals surface area contributed by atoms with Crippen LogP contribution in [0.5, 0.6) is 0 Å². The second kappa shape index (κ2) is 7.38. The number of thiazole rings is 1. The van der Waals surface area contributed by atoms with E-state index in [4.69, 9.17) is 17.3 Å². The molecule has 4 nitrogen and oxygen atoms in total. The van der Waals surface area contributed by atoms with E-state index in [1.165, 1.54) is 11.3 Å². The summed E-state index contributed by atoms with van der Waals surface area (Å²) in [5.41, 5.74) is 10.4. The highest BCUT2D eigenvalue weighted by Gasteiger charge is 2.15. The minimum absolute atomic E-state index is 0. The van der Waals surface area contributed by atoms with Crippen molar-refractivity contribution < 1.29 is 4.79 Å². The fraction of sp³-hybridized carbons (Fsp3) is 0.176. The Morgan fingerprint density at radius 1 is 1.33 bits per heavy atom. The molecule has 0 aliphatic carbocycles. The largest absolute Gasteiger partial charge is 0.369 e. The maximum Gasteiger partial charge on any atom is 0.224 e. The van der Waals surface area contributed by atoms with Gasteiger partial charge in [-0.25, -0.2) is 4.98 Å². The lowest BCUT2D eigenvalue weighted by molar-refractivity contribution is -0.117. The van der Waals surface area contributed by atoms with Crippen LogP contribution in [0.1, 0.15) is 16.4 Å². The van der Waals surface area contributed by atoms with E-state index in [1.807, 2.05) is 36.6 Å². The van der Waals surface area contributed by atoms with Gasteiger partial charge in [0.15, 0.2) is 0 Å². The first-order chi connectivity index (χ1) is 11.0. The van der Waals surface area contributed by atoms with Gasteiger partial charge in [0.25, 0.3) is 0 Å². The molecule has 0 saturated carbocycles. The number of amides is 1. The van der Waals surface area contributed by atoms with Crippen LogP contribution in [0.3, 0.4) is 0 Å². The van der Waals surface area contributed by atoms with Gasteiger partial charge in [0.2, 0.25) is 5.91 Å². The third kappa shape index (κ3) is 3.64. The first-order valence-corrected chi connectivity index (χ1v) is 8.39. The standard InChI is InChI=1S/C17H16ClN3OS.ClH/c1-10-6-14(15-9-23-17(20-15)8-16(19)22)11(2)21(10)13-5-3-4-12(18)7-13;/h3-7,9H,8H2,1-2H3,(H2,19,22);1H. The fourth-order valence-electron chi connectivity index (χ4n) is 2.70. The Hall–Kier alpha value is -1.82. The lowest BCUT2D eigenvalue weighted by Gasteiger charge is -2.10. The van der Waals surface area contributed by atoms with E-state index in [0.29, 0.717) is 5.02 Å². The summed E-state index contributed by atoms with van der Waals surface area (Å²) >= 11 is 7.56. The zero-order valence-corrected chi connectivity index (χ0v) is 15.6. The maximum absolute atomic E-state index is 11.0. The van der Waals surface area contributed by atoms with Gasteiger partial charge in [-0.2, -0.15) is 0 Å². The third-order valence-electron chi connectivity index (χ3n) is 3.65. The fourth-order valence-corrected chi connectivity index (χ4v) is 3.69.